The van der Waals surface area contributed by atoms with Crippen molar-refractivity contribution in [3.63, 3.8) is 0 Å². The average molecular weight is 333 g/mol. The Balaban J connectivity index is 2.38. The van der Waals surface area contributed by atoms with E-state index in [0.717, 1.165) is 11.1 Å². The van der Waals surface area contributed by atoms with Gasteiger partial charge in [0.1, 0.15) is 0 Å². The molecule has 0 atom stereocenters. The molecule has 3 nitrogen and oxygen atoms in total. The number of benzene rings is 2. The van der Waals surface area contributed by atoms with E-state index in [1.807, 2.05) is 70.2 Å². The third kappa shape index (κ3) is 5.30. The van der Waals surface area contributed by atoms with Gasteiger partial charge < -0.3 is 4.84 Å². The summed E-state index contributed by atoms with van der Waals surface area (Å²) in [5.74, 6) is -0.476. The number of rotatable bonds is 5. The van der Waals surface area contributed by atoms with Gasteiger partial charge in [-0.1, -0.05) is 53.7 Å². The van der Waals surface area contributed by atoms with Gasteiger partial charge in [0, 0.05) is 11.0 Å². The Morgan fingerprint density at radius 3 is 2.00 bits per heavy atom. The second kappa shape index (κ2) is 8.27. The van der Waals surface area contributed by atoms with Crippen LogP contribution in [-0.4, -0.2) is 11.7 Å². The first-order valence-electron chi connectivity index (χ1n) is 8.21. The van der Waals surface area contributed by atoms with Crippen molar-refractivity contribution in [2.24, 2.45) is 10.6 Å². The molecule has 0 aromatic heterocycles. The minimum Gasteiger partial charge on any atom is -0.312 e. The molecule has 0 fully saturated rings. The first-order valence-corrected chi connectivity index (χ1v) is 8.21. The summed E-state index contributed by atoms with van der Waals surface area (Å²) in [6.45, 7) is 8.01. The van der Waals surface area contributed by atoms with Crippen LogP contribution in [-0.2, 0) is 4.84 Å². The lowest BCUT2D eigenvalue weighted by Crippen LogP contribution is -2.24. The molecule has 0 aliphatic rings. The molecule has 128 valence electrons. The smallest absolute Gasteiger partial charge is 0.312 e. The van der Waals surface area contributed by atoms with Crippen LogP contribution in [0.15, 0.2) is 83.2 Å². The molecule has 2 rings (SSSR count). The summed E-state index contributed by atoms with van der Waals surface area (Å²) in [7, 11) is 0. The summed E-state index contributed by atoms with van der Waals surface area (Å²) in [5.41, 5.74) is 5.89. The van der Waals surface area contributed by atoms with Crippen LogP contribution >= 0.6 is 0 Å². The van der Waals surface area contributed by atoms with E-state index >= 15 is 0 Å². The molecule has 2 aromatic rings. The Bertz CT molecular complexity index is 808. The third-order valence-electron chi connectivity index (χ3n) is 3.61. The van der Waals surface area contributed by atoms with Gasteiger partial charge in [-0.15, -0.1) is 5.73 Å². The second-order valence-electron chi connectivity index (χ2n) is 6.56. The topological polar surface area (TPSA) is 38.7 Å². The number of hydrogen-bond acceptors (Lipinski definition) is 3. The molecule has 0 saturated carbocycles. The molecule has 0 aliphatic heterocycles. The van der Waals surface area contributed by atoms with Gasteiger partial charge in [0.05, 0.1) is 11.3 Å². The van der Waals surface area contributed by atoms with E-state index in [1.165, 1.54) is 0 Å². The number of carbonyl (C=O) groups is 1. The molecule has 0 heterocycles. The number of oxime groups is 1. The molecule has 0 saturated heterocycles. The molecule has 25 heavy (non-hydrogen) atoms. The van der Waals surface area contributed by atoms with Crippen molar-refractivity contribution >= 4 is 11.7 Å². The van der Waals surface area contributed by atoms with Crippen LogP contribution in [0, 0.1) is 5.41 Å². The highest BCUT2D eigenvalue weighted by Gasteiger charge is 2.25. The predicted molar refractivity (Wildman–Crippen MR) is 102 cm³/mol. The maximum atomic E-state index is 12.2. The molecule has 2 aromatic carbocycles. The molecule has 0 radical (unpaired) electrons. The van der Waals surface area contributed by atoms with E-state index in [-0.39, 0.29) is 0 Å². The van der Waals surface area contributed by atoms with Gasteiger partial charge in [0.2, 0.25) is 0 Å². The lowest BCUT2D eigenvalue weighted by Gasteiger charge is -2.21. The lowest BCUT2D eigenvalue weighted by molar-refractivity contribution is 0.0513. The summed E-state index contributed by atoms with van der Waals surface area (Å²) in [6.07, 6.45) is 1.95. The van der Waals surface area contributed by atoms with Crippen LogP contribution < -0.4 is 0 Å². The molecule has 0 N–H and O–H groups in total. The van der Waals surface area contributed by atoms with Crippen molar-refractivity contribution in [2.75, 3.05) is 0 Å². The lowest BCUT2D eigenvalue weighted by atomic mass is 9.83. The van der Waals surface area contributed by atoms with Gasteiger partial charge in [0.15, 0.2) is 0 Å². The quantitative estimate of drug-likeness (QED) is 0.318. The normalized spacial score (nSPS) is 11.4. The zero-order valence-electron chi connectivity index (χ0n) is 15.1. The summed E-state index contributed by atoms with van der Waals surface area (Å²) in [5, 5.41) is 4.21. The van der Waals surface area contributed by atoms with E-state index in [1.54, 1.807) is 24.3 Å². The molecule has 0 spiro atoms. The minimum atomic E-state index is -0.476. The zero-order valence-corrected chi connectivity index (χ0v) is 15.1. The van der Waals surface area contributed by atoms with Gasteiger partial charge in [-0.25, -0.2) is 4.79 Å². The fraction of sp³-hybridized carbons (Fsp3) is 0.227. The Morgan fingerprint density at radius 2 is 1.48 bits per heavy atom. The van der Waals surface area contributed by atoms with E-state index in [2.05, 4.69) is 10.9 Å². The highest BCUT2D eigenvalue weighted by atomic mass is 16.7. The van der Waals surface area contributed by atoms with Crippen LogP contribution in [0.2, 0.25) is 0 Å². The van der Waals surface area contributed by atoms with E-state index < -0.39 is 11.4 Å². The van der Waals surface area contributed by atoms with Gasteiger partial charge >= 0.3 is 5.97 Å². The molecule has 0 bridgehead atoms. The highest BCUT2D eigenvalue weighted by molar-refractivity contribution is 6.05. The van der Waals surface area contributed by atoms with E-state index in [0.29, 0.717) is 11.3 Å². The van der Waals surface area contributed by atoms with Gasteiger partial charge in [-0.3, -0.25) is 0 Å². The Hall–Kier alpha value is -2.90. The molecule has 0 unspecified atom stereocenters. The minimum absolute atomic E-state index is 0.449. The van der Waals surface area contributed by atoms with Crippen molar-refractivity contribution in [2.45, 2.75) is 27.7 Å². The van der Waals surface area contributed by atoms with Crippen LogP contribution in [0.25, 0.3) is 0 Å². The fourth-order valence-corrected chi connectivity index (χ4v) is 2.25. The SMILES string of the molecule is CC(C)=C=CC(C)(C)/C(=N/OC(=O)c1ccccc1)c1ccccc1. The first kappa shape index (κ1) is 18.4. The second-order valence-corrected chi connectivity index (χ2v) is 6.56. The average Bonchev–Trinajstić information content (AvgIpc) is 2.61. The van der Waals surface area contributed by atoms with Crippen LogP contribution in [0.4, 0.5) is 0 Å². The van der Waals surface area contributed by atoms with E-state index in [9.17, 15) is 4.79 Å². The van der Waals surface area contributed by atoms with Gasteiger partial charge in [-0.2, -0.15) is 0 Å². The summed E-state index contributed by atoms with van der Waals surface area (Å²) in [6, 6.07) is 18.6. The third-order valence-corrected chi connectivity index (χ3v) is 3.61. The summed E-state index contributed by atoms with van der Waals surface area (Å²) >= 11 is 0. The van der Waals surface area contributed by atoms with Crippen molar-refractivity contribution in [3.05, 3.63) is 89.2 Å². The van der Waals surface area contributed by atoms with Crippen LogP contribution in [0.1, 0.15) is 43.6 Å². The largest absolute Gasteiger partial charge is 0.365 e. The highest BCUT2D eigenvalue weighted by Crippen LogP contribution is 2.25. The Labute approximate surface area is 149 Å². The maximum Gasteiger partial charge on any atom is 0.365 e. The number of nitrogens with zero attached hydrogens (tertiary/aromatic N) is 1. The van der Waals surface area contributed by atoms with Gasteiger partial charge in [-0.05, 0) is 51.5 Å². The molecular formula is C22H23NO2. The van der Waals surface area contributed by atoms with E-state index in [4.69, 9.17) is 4.84 Å². The molecule has 3 heteroatoms. The fourth-order valence-electron chi connectivity index (χ4n) is 2.25. The molecule has 0 aliphatic carbocycles. The van der Waals surface area contributed by atoms with Crippen molar-refractivity contribution in [1.29, 1.82) is 0 Å². The molecular weight excluding hydrogens is 310 g/mol. The zero-order chi connectivity index (χ0) is 18.3. The molecule has 0 amide bonds. The van der Waals surface area contributed by atoms with Crippen LogP contribution in [0.3, 0.4) is 0 Å². The van der Waals surface area contributed by atoms with Crippen LogP contribution in [0.5, 0.6) is 0 Å². The maximum absolute atomic E-state index is 12.2. The Morgan fingerprint density at radius 1 is 0.960 bits per heavy atom. The number of allylic oxidation sites excluding steroid dienone is 1. The predicted octanol–water partition coefficient (Wildman–Crippen LogP) is 5.40. The first-order chi connectivity index (χ1) is 11.9. The van der Waals surface area contributed by atoms with Crippen molar-refractivity contribution < 1.29 is 9.63 Å². The van der Waals surface area contributed by atoms with Crippen molar-refractivity contribution in [3.8, 4) is 0 Å². The Kier molecular flexibility index (Phi) is 6.10. The summed E-state index contributed by atoms with van der Waals surface area (Å²) < 4.78 is 0. The van der Waals surface area contributed by atoms with Gasteiger partial charge in [0.25, 0.3) is 0 Å². The number of carbonyl (C=O) groups excluding carboxylic acids is 1. The monoisotopic (exact) mass is 333 g/mol. The van der Waals surface area contributed by atoms with Crippen molar-refractivity contribution in [1.82, 2.24) is 0 Å². The standard InChI is InChI=1S/C22H23NO2/c1-17(2)15-16-22(3,4)20(18-11-7-5-8-12-18)23-25-21(24)19-13-9-6-10-14-19/h5-14,16H,1-4H3/b23-20+. The number of hydrogen-bond donors (Lipinski definition) is 0. The summed E-state index contributed by atoms with van der Waals surface area (Å²) in [4.78, 5) is 17.4.